The van der Waals surface area contributed by atoms with E-state index in [1.54, 1.807) is 5.56 Å². The molecule has 1 aromatic carbocycles. The van der Waals surface area contributed by atoms with E-state index in [2.05, 4.69) is 62.2 Å². The second kappa shape index (κ2) is 6.75. The lowest BCUT2D eigenvalue weighted by atomic mass is 9.72. The largest absolute Gasteiger partial charge is 0.317 e. The van der Waals surface area contributed by atoms with Crippen molar-refractivity contribution in [2.75, 3.05) is 7.05 Å². The monoisotopic (exact) mass is 303 g/mol. The molecule has 0 aromatic heterocycles. The summed E-state index contributed by atoms with van der Waals surface area (Å²) >= 11 is 2.12. The summed E-state index contributed by atoms with van der Waals surface area (Å²) in [5.74, 6) is 2.65. The number of thioether (sulfide) groups is 1. The minimum atomic E-state index is 0.740. The van der Waals surface area contributed by atoms with E-state index in [1.807, 2.05) is 0 Å². The van der Waals surface area contributed by atoms with E-state index in [9.17, 15) is 0 Å². The lowest BCUT2D eigenvalue weighted by molar-refractivity contribution is 0.165. The first kappa shape index (κ1) is 15.4. The maximum atomic E-state index is 3.60. The summed E-state index contributed by atoms with van der Waals surface area (Å²) in [7, 11) is 2.16. The second-order valence-electron chi connectivity index (χ2n) is 7.26. The fourth-order valence-corrected chi connectivity index (χ4v) is 5.69. The summed E-state index contributed by atoms with van der Waals surface area (Å²) < 4.78 is 0. The van der Waals surface area contributed by atoms with Crippen LogP contribution >= 0.6 is 11.8 Å². The first-order chi connectivity index (χ1) is 10.2. The van der Waals surface area contributed by atoms with Gasteiger partial charge in [-0.1, -0.05) is 32.0 Å². The van der Waals surface area contributed by atoms with Crippen molar-refractivity contribution in [3.8, 4) is 0 Å². The van der Waals surface area contributed by atoms with E-state index in [0.29, 0.717) is 0 Å². The maximum absolute atomic E-state index is 3.60. The van der Waals surface area contributed by atoms with Crippen LogP contribution in [0.3, 0.4) is 0 Å². The highest BCUT2D eigenvalue weighted by atomic mass is 32.2. The van der Waals surface area contributed by atoms with Crippen LogP contribution in [0.5, 0.6) is 0 Å². The van der Waals surface area contributed by atoms with E-state index in [1.165, 1.54) is 37.0 Å². The third-order valence-electron chi connectivity index (χ3n) is 5.62. The third-order valence-corrected chi connectivity index (χ3v) is 6.96. The number of hydrogen-bond donors (Lipinski definition) is 1. The summed E-state index contributed by atoms with van der Waals surface area (Å²) in [4.78, 5) is 1.53. The Morgan fingerprint density at radius 1 is 1.24 bits per heavy atom. The molecule has 1 aliphatic carbocycles. The van der Waals surface area contributed by atoms with Crippen LogP contribution in [0.25, 0.3) is 0 Å². The molecular weight excluding hydrogens is 274 g/mol. The van der Waals surface area contributed by atoms with Crippen LogP contribution in [0.15, 0.2) is 29.2 Å². The molecule has 1 saturated carbocycles. The van der Waals surface area contributed by atoms with Crippen molar-refractivity contribution in [3.63, 3.8) is 0 Å². The first-order valence-corrected chi connectivity index (χ1v) is 9.47. The molecule has 0 spiro atoms. The average molecular weight is 304 g/mol. The lowest BCUT2D eigenvalue weighted by Gasteiger charge is -2.39. The number of fused-ring (bicyclic) bond motifs is 1. The van der Waals surface area contributed by atoms with Crippen molar-refractivity contribution in [3.05, 3.63) is 29.8 Å². The molecule has 4 atom stereocenters. The topological polar surface area (TPSA) is 12.0 Å². The van der Waals surface area contributed by atoms with Crippen molar-refractivity contribution < 1.29 is 0 Å². The fourth-order valence-electron chi connectivity index (χ4n) is 4.27. The highest BCUT2D eigenvalue weighted by Crippen LogP contribution is 2.43. The Hall–Kier alpha value is -0.470. The van der Waals surface area contributed by atoms with E-state index in [0.717, 1.165) is 29.0 Å². The number of rotatable bonds is 4. The van der Waals surface area contributed by atoms with Gasteiger partial charge in [-0.15, -0.1) is 11.8 Å². The van der Waals surface area contributed by atoms with Gasteiger partial charge in [-0.25, -0.2) is 0 Å². The molecule has 1 fully saturated rings. The van der Waals surface area contributed by atoms with E-state index in [-0.39, 0.29) is 0 Å². The van der Waals surface area contributed by atoms with Gasteiger partial charge in [0.05, 0.1) is 0 Å². The highest BCUT2D eigenvalue weighted by Gasteiger charge is 2.34. The Balaban J connectivity index is 1.63. The molecule has 1 aliphatic heterocycles. The van der Waals surface area contributed by atoms with Crippen LogP contribution in [0.1, 0.15) is 45.1 Å². The van der Waals surface area contributed by atoms with Crippen LogP contribution in [0.2, 0.25) is 0 Å². The Labute approximate surface area is 134 Å². The number of nitrogens with one attached hydrogen (secondary N) is 1. The van der Waals surface area contributed by atoms with Gasteiger partial charge >= 0.3 is 0 Å². The van der Waals surface area contributed by atoms with E-state index < -0.39 is 0 Å². The molecule has 0 radical (unpaired) electrons. The smallest absolute Gasteiger partial charge is 0.0138 e. The highest BCUT2D eigenvalue weighted by molar-refractivity contribution is 8.00. The van der Waals surface area contributed by atoms with Gasteiger partial charge in [0.2, 0.25) is 0 Å². The van der Waals surface area contributed by atoms with E-state index in [4.69, 9.17) is 0 Å². The molecule has 116 valence electrons. The molecule has 2 aliphatic rings. The SMILES string of the molecule is CNC1CCC(C(C)C)CC1CC1Cc2ccccc2S1. The first-order valence-electron chi connectivity index (χ1n) is 8.59. The minimum Gasteiger partial charge on any atom is -0.317 e. The summed E-state index contributed by atoms with van der Waals surface area (Å²) in [5.41, 5.74) is 1.57. The van der Waals surface area contributed by atoms with Crippen molar-refractivity contribution in [2.24, 2.45) is 17.8 Å². The zero-order valence-electron chi connectivity index (χ0n) is 13.6. The standard InChI is InChI=1S/C19H29NS/c1-13(2)14-8-9-18(20-3)16(10-14)12-17-11-15-6-4-5-7-19(15)21-17/h4-7,13-14,16-18,20H,8-12H2,1-3H3. The van der Waals surface area contributed by atoms with Gasteiger partial charge < -0.3 is 5.32 Å². The van der Waals surface area contributed by atoms with Crippen LogP contribution < -0.4 is 5.32 Å². The van der Waals surface area contributed by atoms with Gasteiger partial charge in [-0.05, 0) is 68.5 Å². The van der Waals surface area contributed by atoms with Crippen molar-refractivity contribution in [1.82, 2.24) is 5.32 Å². The molecule has 0 bridgehead atoms. The van der Waals surface area contributed by atoms with Crippen molar-refractivity contribution in [1.29, 1.82) is 0 Å². The van der Waals surface area contributed by atoms with Gasteiger partial charge in [-0.2, -0.15) is 0 Å². The Morgan fingerprint density at radius 2 is 2.05 bits per heavy atom. The molecule has 1 N–H and O–H groups in total. The molecule has 2 heteroatoms. The summed E-state index contributed by atoms with van der Waals surface area (Å²) in [6.07, 6.45) is 6.87. The summed E-state index contributed by atoms with van der Waals surface area (Å²) in [6.45, 7) is 4.81. The van der Waals surface area contributed by atoms with Crippen molar-refractivity contribution in [2.45, 2.75) is 62.1 Å². The Bertz CT molecular complexity index is 445. The van der Waals surface area contributed by atoms with E-state index >= 15 is 0 Å². The normalized spacial score (nSPS) is 32.4. The number of benzene rings is 1. The van der Waals surface area contributed by atoms with Gasteiger partial charge in [0, 0.05) is 16.2 Å². The predicted molar refractivity (Wildman–Crippen MR) is 92.9 cm³/mol. The second-order valence-corrected chi connectivity index (χ2v) is 8.60. The van der Waals surface area contributed by atoms with Crippen LogP contribution in [-0.2, 0) is 6.42 Å². The van der Waals surface area contributed by atoms with Crippen LogP contribution in [-0.4, -0.2) is 18.3 Å². The summed E-state index contributed by atoms with van der Waals surface area (Å²) in [6, 6.07) is 9.72. The number of hydrogen-bond acceptors (Lipinski definition) is 2. The lowest BCUT2D eigenvalue weighted by Crippen LogP contribution is -2.40. The maximum Gasteiger partial charge on any atom is 0.0138 e. The van der Waals surface area contributed by atoms with Gasteiger partial charge in [0.15, 0.2) is 0 Å². The van der Waals surface area contributed by atoms with Gasteiger partial charge in [-0.3, -0.25) is 0 Å². The van der Waals surface area contributed by atoms with Crippen molar-refractivity contribution >= 4 is 11.8 Å². The molecule has 0 saturated heterocycles. The fraction of sp³-hybridized carbons (Fsp3) is 0.684. The molecule has 0 amide bonds. The summed E-state index contributed by atoms with van der Waals surface area (Å²) in [5, 5.41) is 4.40. The van der Waals surface area contributed by atoms with Gasteiger partial charge in [0.25, 0.3) is 0 Å². The molecule has 21 heavy (non-hydrogen) atoms. The average Bonchev–Trinajstić information content (AvgIpc) is 2.89. The molecule has 1 nitrogen and oxygen atoms in total. The minimum absolute atomic E-state index is 0.740. The van der Waals surface area contributed by atoms with Crippen LogP contribution in [0, 0.1) is 17.8 Å². The Kier molecular flexibility index (Phi) is 4.96. The molecule has 4 unspecified atom stereocenters. The Morgan fingerprint density at radius 3 is 2.76 bits per heavy atom. The quantitative estimate of drug-likeness (QED) is 0.861. The predicted octanol–water partition coefficient (Wildman–Crippen LogP) is 4.75. The molecule has 1 aromatic rings. The van der Waals surface area contributed by atoms with Crippen LogP contribution in [0.4, 0.5) is 0 Å². The molecule has 3 rings (SSSR count). The zero-order valence-corrected chi connectivity index (χ0v) is 14.5. The van der Waals surface area contributed by atoms with Gasteiger partial charge in [0.1, 0.15) is 0 Å². The molecule has 1 heterocycles. The molecular formula is C19H29NS. The third kappa shape index (κ3) is 3.48. The zero-order chi connectivity index (χ0) is 14.8.